The summed E-state index contributed by atoms with van der Waals surface area (Å²) in [5.41, 5.74) is 0.896. The van der Waals surface area contributed by atoms with Gasteiger partial charge in [-0.1, -0.05) is 52.9 Å². The Morgan fingerprint density at radius 2 is 2.08 bits per heavy atom. The van der Waals surface area contributed by atoms with E-state index in [1.54, 1.807) is 16.7 Å². The van der Waals surface area contributed by atoms with Gasteiger partial charge in [-0.15, -0.1) is 11.8 Å². The minimum absolute atomic E-state index is 0.192. The van der Waals surface area contributed by atoms with Crippen molar-refractivity contribution in [2.75, 3.05) is 12.9 Å². The van der Waals surface area contributed by atoms with Gasteiger partial charge in [0, 0.05) is 5.75 Å². The van der Waals surface area contributed by atoms with Crippen molar-refractivity contribution in [3.05, 3.63) is 35.9 Å². The Kier molecular flexibility index (Phi) is 5.29. The molecule has 0 saturated carbocycles. The van der Waals surface area contributed by atoms with E-state index in [9.17, 15) is 14.4 Å². The summed E-state index contributed by atoms with van der Waals surface area (Å²) in [5, 5.41) is 2.59. The van der Waals surface area contributed by atoms with Gasteiger partial charge < -0.3 is 15.0 Å². The molecule has 2 aliphatic rings. The number of β-lactam (4-membered cyclic amide) rings is 1. The van der Waals surface area contributed by atoms with Gasteiger partial charge in [0.2, 0.25) is 11.8 Å². The van der Waals surface area contributed by atoms with Crippen LogP contribution in [0.5, 0.6) is 0 Å². The van der Waals surface area contributed by atoms with Crippen molar-refractivity contribution in [2.45, 2.75) is 34.2 Å². The Labute approximate surface area is 164 Å². The SMILES string of the molecule is COC(=O)C1N2C(=O)C(NC(=O)Cc3ccccc3)[C@@H]2SCC1(C)I. The van der Waals surface area contributed by atoms with Crippen LogP contribution in [0.25, 0.3) is 0 Å². The topological polar surface area (TPSA) is 75.7 Å². The van der Waals surface area contributed by atoms with Gasteiger partial charge in [0.05, 0.1) is 17.0 Å². The molecule has 1 N–H and O–H groups in total. The van der Waals surface area contributed by atoms with E-state index in [1.165, 1.54) is 7.11 Å². The van der Waals surface area contributed by atoms with Crippen molar-refractivity contribution in [3.63, 3.8) is 0 Å². The molecule has 3 rings (SSSR count). The van der Waals surface area contributed by atoms with Crippen molar-refractivity contribution in [1.29, 1.82) is 0 Å². The third-order valence-electron chi connectivity index (χ3n) is 4.41. The molecule has 2 amide bonds. The van der Waals surface area contributed by atoms with Crippen LogP contribution in [0.3, 0.4) is 0 Å². The number of alkyl halides is 1. The van der Waals surface area contributed by atoms with Gasteiger partial charge in [-0.05, 0) is 12.5 Å². The highest BCUT2D eigenvalue weighted by atomic mass is 127. The van der Waals surface area contributed by atoms with E-state index in [0.717, 1.165) is 5.56 Å². The molecule has 0 radical (unpaired) electrons. The normalized spacial score (nSPS) is 30.9. The fourth-order valence-electron chi connectivity index (χ4n) is 3.16. The van der Waals surface area contributed by atoms with Crippen molar-refractivity contribution in [2.24, 2.45) is 0 Å². The van der Waals surface area contributed by atoms with Crippen LogP contribution in [-0.2, 0) is 25.5 Å². The standard InChI is InChI=1S/C17H19IN2O4S/c1-17(18)9-25-15-12(14(22)20(15)13(17)16(23)24-2)19-11(21)8-10-6-4-3-5-7-10/h3-7,12-13,15H,8-9H2,1-2H3,(H,19,21)/t12?,13?,15-,17?/m0/s1. The lowest BCUT2D eigenvalue weighted by Crippen LogP contribution is -2.78. The lowest BCUT2D eigenvalue weighted by molar-refractivity contribution is -0.165. The molecule has 25 heavy (non-hydrogen) atoms. The van der Waals surface area contributed by atoms with E-state index < -0.39 is 21.5 Å². The van der Waals surface area contributed by atoms with Crippen LogP contribution in [0.1, 0.15) is 12.5 Å². The summed E-state index contributed by atoms with van der Waals surface area (Å²) in [6.07, 6.45) is 0.229. The Morgan fingerprint density at radius 3 is 2.72 bits per heavy atom. The number of hydrogen-bond donors (Lipinski definition) is 1. The average molecular weight is 474 g/mol. The summed E-state index contributed by atoms with van der Waals surface area (Å²) in [6, 6.07) is 8.18. The lowest BCUT2D eigenvalue weighted by Gasteiger charge is -2.56. The van der Waals surface area contributed by atoms with Gasteiger partial charge in [-0.3, -0.25) is 9.59 Å². The number of thioether (sulfide) groups is 1. The molecule has 2 aliphatic heterocycles. The Balaban J connectivity index is 1.68. The number of ether oxygens (including phenoxy) is 1. The quantitative estimate of drug-likeness (QED) is 0.309. The van der Waals surface area contributed by atoms with Crippen molar-refractivity contribution >= 4 is 52.1 Å². The molecular formula is C17H19IN2O4S. The number of esters is 1. The average Bonchev–Trinajstić information content (AvgIpc) is 2.59. The molecular weight excluding hydrogens is 455 g/mol. The number of amides is 2. The number of carbonyl (C=O) groups is 3. The molecule has 2 heterocycles. The molecule has 2 fully saturated rings. The lowest BCUT2D eigenvalue weighted by atomic mass is 9.94. The Morgan fingerprint density at radius 1 is 1.40 bits per heavy atom. The number of fused-ring (bicyclic) bond motifs is 1. The van der Waals surface area contributed by atoms with Crippen LogP contribution < -0.4 is 5.32 Å². The number of carbonyl (C=O) groups excluding carboxylic acids is 3. The van der Waals surface area contributed by atoms with Gasteiger partial charge in [0.15, 0.2) is 0 Å². The van der Waals surface area contributed by atoms with Crippen LogP contribution in [0, 0.1) is 0 Å². The molecule has 1 aromatic rings. The number of methoxy groups -OCH3 is 1. The van der Waals surface area contributed by atoms with E-state index in [4.69, 9.17) is 4.74 Å². The predicted octanol–water partition coefficient (Wildman–Crippen LogP) is 1.36. The van der Waals surface area contributed by atoms with Crippen molar-refractivity contribution < 1.29 is 19.1 Å². The van der Waals surface area contributed by atoms with Crippen LogP contribution in [0.15, 0.2) is 30.3 Å². The number of benzene rings is 1. The third-order valence-corrected chi connectivity index (χ3v) is 7.51. The third kappa shape index (κ3) is 3.51. The molecule has 0 aromatic heterocycles. The monoisotopic (exact) mass is 474 g/mol. The summed E-state index contributed by atoms with van der Waals surface area (Å²) < 4.78 is 4.49. The molecule has 2 saturated heterocycles. The molecule has 3 unspecified atom stereocenters. The highest BCUT2D eigenvalue weighted by molar-refractivity contribution is 14.1. The zero-order valence-corrected chi connectivity index (χ0v) is 16.9. The first-order valence-electron chi connectivity index (χ1n) is 7.89. The van der Waals surface area contributed by atoms with E-state index in [0.29, 0.717) is 5.75 Å². The maximum atomic E-state index is 12.6. The first-order chi connectivity index (χ1) is 11.8. The molecule has 8 heteroatoms. The zero-order chi connectivity index (χ0) is 18.2. The number of nitrogens with one attached hydrogen (secondary N) is 1. The fraction of sp³-hybridized carbons (Fsp3) is 0.471. The zero-order valence-electron chi connectivity index (χ0n) is 13.9. The molecule has 6 nitrogen and oxygen atoms in total. The minimum atomic E-state index is -0.626. The van der Waals surface area contributed by atoms with Gasteiger partial charge in [0.25, 0.3) is 0 Å². The molecule has 0 spiro atoms. The van der Waals surface area contributed by atoms with Gasteiger partial charge in [-0.25, -0.2) is 4.79 Å². The molecule has 4 atom stereocenters. The van der Waals surface area contributed by atoms with Gasteiger partial charge in [0.1, 0.15) is 17.5 Å². The summed E-state index contributed by atoms with van der Waals surface area (Å²) in [6.45, 7) is 1.94. The Hall–Kier alpha value is -1.29. The van der Waals surface area contributed by atoms with E-state index in [1.807, 2.05) is 37.3 Å². The molecule has 134 valence electrons. The second kappa shape index (κ2) is 7.14. The first kappa shape index (κ1) is 18.5. The van der Waals surface area contributed by atoms with Crippen LogP contribution >= 0.6 is 34.4 Å². The van der Waals surface area contributed by atoms with E-state index >= 15 is 0 Å². The maximum absolute atomic E-state index is 12.6. The van der Waals surface area contributed by atoms with Gasteiger partial charge >= 0.3 is 5.97 Å². The first-order valence-corrected chi connectivity index (χ1v) is 10.0. The van der Waals surface area contributed by atoms with Gasteiger partial charge in [-0.2, -0.15) is 0 Å². The molecule has 0 bridgehead atoms. The minimum Gasteiger partial charge on any atom is -0.467 e. The van der Waals surface area contributed by atoms with Crippen LogP contribution in [-0.4, -0.2) is 56.4 Å². The summed E-state index contributed by atoms with van der Waals surface area (Å²) in [4.78, 5) is 38.6. The highest BCUT2D eigenvalue weighted by Gasteiger charge is 2.61. The number of nitrogens with zero attached hydrogens (tertiary/aromatic N) is 1. The second-order valence-corrected chi connectivity index (χ2v) is 9.93. The van der Waals surface area contributed by atoms with Crippen LogP contribution in [0.2, 0.25) is 0 Å². The van der Waals surface area contributed by atoms with E-state index in [-0.39, 0.29) is 23.6 Å². The largest absolute Gasteiger partial charge is 0.467 e. The van der Waals surface area contributed by atoms with Crippen molar-refractivity contribution in [3.8, 4) is 0 Å². The summed E-state index contributed by atoms with van der Waals surface area (Å²) in [7, 11) is 1.33. The fourth-order valence-corrected chi connectivity index (χ4v) is 5.68. The smallest absolute Gasteiger partial charge is 0.330 e. The maximum Gasteiger partial charge on any atom is 0.330 e. The molecule has 0 aliphatic carbocycles. The number of halogens is 1. The second-order valence-electron chi connectivity index (χ2n) is 6.36. The molecule has 1 aromatic carbocycles. The summed E-state index contributed by atoms with van der Waals surface area (Å²) >= 11 is 3.79. The number of rotatable bonds is 4. The Bertz CT molecular complexity index is 697. The predicted molar refractivity (Wildman–Crippen MR) is 103 cm³/mol. The van der Waals surface area contributed by atoms with E-state index in [2.05, 4.69) is 27.9 Å². The highest BCUT2D eigenvalue weighted by Crippen LogP contribution is 2.46. The number of hydrogen-bond acceptors (Lipinski definition) is 5. The summed E-state index contributed by atoms with van der Waals surface area (Å²) in [5.74, 6) is -0.129. The van der Waals surface area contributed by atoms with Crippen molar-refractivity contribution in [1.82, 2.24) is 10.2 Å². The van der Waals surface area contributed by atoms with Crippen LogP contribution in [0.4, 0.5) is 0 Å².